The molecule has 1 aliphatic rings. The number of hydrogen-bond donors (Lipinski definition) is 1. The largest absolute Gasteiger partial charge is 0.426 e. The van der Waals surface area contributed by atoms with Gasteiger partial charge in [0.25, 0.3) is 0 Å². The number of carbonyl (C=O) groups excluding carboxylic acids is 1. The van der Waals surface area contributed by atoms with Crippen LogP contribution < -0.4 is 4.74 Å². The highest BCUT2D eigenvalue weighted by molar-refractivity contribution is 5.82. The van der Waals surface area contributed by atoms with Crippen LogP contribution in [0.3, 0.4) is 0 Å². The molecule has 170 valence electrons. The molecular weight excluding hydrogens is 417 g/mol. The van der Waals surface area contributed by atoms with Gasteiger partial charge in [0, 0.05) is 30.0 Å². The third kappa shape index (κ3) is 4.34. The standard InChI is InChI=1S/C27H28FN3O2/c1-3-26(32)33-20-9-11-24-25(15-20)31-27(30-24)16(2)17-4-6-18(7-5-17)21-12-13-29-23-10-8-19(28)14-22(21)23/h8-18H,3-7H2,1-2H3,(H,30,31). The van der Waals surface area contributed by atoms with Crippen molar-refractivity contribution in [1.29, 1.82) is 0 Å². The molecular formula is C27H28FN3O2. The number of rotatable bonds is 5. The molecule has 2 heterocycles. The van der Waals surface area contributed by atoms with E-state index in [0.29, 0.717) is 29.9 Å². The number of hydrogen-bond acceptors (Lipinski definition) is 4. The number of benzene rings is 2. The van der Waals surface area contributed by atoms with Crippen molar-refractivity contribution in [1.82, 2.24) is 15.0 Å². The first kappa shape index (κ1) is 21.6. The number of esters is 1. The highest BCUT2D eigenvalue weighted by Crippen LogP contribution is 2.43. The summed E-state index contributed by atoms with van der Waals surface area (Å²) in [6.45, 7) is 4.01. The smallest absolute Gasteiger partial charge is 0.310 e. The van der Waals surface area contributed by atoms with Gasteiger partial charge in [-0.25, -0.2) is 9.37 Å². The van der Waals surface area contributed by atoms with Crippen molar-refractivity contribution in [3.05, 3.63) is 65.9 Å². The Hall–Kier alpha value is -3.28. The number of aromatic amines is 1. The van der Waals surface area contributed by atoms with Gasteiger partial charge < -0.3 is 9.72 Å². The predicted molar refractivity (Wildman–Crippen MR) is 127 cm³/mol. The molecule has 5 nitrogen and oxygen atoms in total. The number of aromatic nitrogens is 3. The van der Waals surface area contributed by atoms with Crippen molar-refractivity contribution in [2.24, 2.45) is 5.92 Å². The number of H-pyrrole nitrogens is 1. The monoisotopic (exact) mass is 445 g/mol. The lowest BCUT2D eigenvalue weighted by Gasteiger charge is -2.32. The Morgan fingerprint density at radius 1 is 1.12 bits per heavy atom. The molecule has 1 fully saturated rings. The topological polar surface area (TPSA) is 67.9 Å². The van der Waals surface area contributed by atoms with E-state index >= 15 is 0 Å². The SMILES string of the molecule is CCC(=O)Oc1ccc2nc(C(C)C3CCC(c4ccnc5ccc(F)cc45)CC3)[nH]c2c1. The van der Waals surface area contributed by atoms with Crippen LogP contribution in [0.2, 0.25) is 0 Å². The maximum absolute atomic E-state index is 13.9. The maximum Gasteiger partial charge on any atom is 0.310 e. The third-order valence-corrected chi connectivity index (χ3v) is 7.08. The molecule has 33 heavy (non-hydrogen) atoms. The van der Waals surface area contributed by atoms with E-state index < -0.39 is 0 Å². The molecule has 0 aliphatic heterocycles. The number of fused-ring (bicyclic) bond motifs is 2. The van der Waals surface area contributed by atoms with Gasteiger partial charge in [-0.3, -0.25) is 9.78 Å². The van der Waals surface area contributed by atoms with E-state index in [2.05, 4.69) is 23.0 Å². The van der Waals surface area contributed by atoms with Gasteiger partial charge in [-0.05, 0) is 79.5 Å². The number of carbonyl (C=O) groups is 1. The highest BCUT2D eigenvalue weighted by Gasteiger charge is 2.29. The first-order chi connectivity index (χ1) is 16.0. The van der Waals surface area contributed by atoms with Crippen LogP contribution >= 0.6 is 0 Å². The summed E-state index contributed by atoms with van der Waals surface area (Å²) in [7, 11) is 0. The summed E-state index contributed by atoms with van der Waals surface area (Å²) in [6, 6.07) is 12.4. The molecule has 1 unspecified atom stereocenters. The van der Waals surface area contributed by atoms with Crippen LogP contribution in [0.4, 0.5) is 4.39 Å². The van der Waals surface area contributed by atoms with Gasteiger partial charge in [0.1, 0.15) is 17.4 Å². The molecule has 1 aliphatic carbocycles. The summed E-state index contributed by atoms with van der Waals surface area (Å²) in [5.41, 5.74) is 3.84. The summed E-state index contributed by atoms with van der Waals surface area (Å²) < 4.78 is 19.2. The van der Waals surface area contributed by atoms with Crippen LogP contribution in [-0.2, 0) is 4.79 Å². The Labute approximate surface area is 192 Å². The minimum Gasteiger partial charge on any atom is -0.426 e. The second kappa shape index (κ2) is 8.93. The average Bonchev–Trinajstić information content (AvgIpc) is 3.26. The fourth-order valence-electron chi connectivity index (χ4n) is 5.14. The van der Waals surface area contributed by atoms with Gasteiger partial charge in [0.05, 0.1) is 16.6 Å². The van der Waals surface area contributed by atoms with E-state index in [-0.39, 0.29) is 11.8 Å². The van der Waals surface area contributed by atoms with Crippen molar-refractivity contribution in [2.45, 2.75) is 57.8 Å². The van der Waals surface area contributed by atoms with Gasteiger partial charge in [0.2, 0.25) is 0 Å². The van der Waals surface area contributed by atoms with E-state index in [9.17, 15) is 9.18 Å². The first-order valence-corrected chi connectivity index (χ1v) is 11.8. The summed E-state index contributed by atoms with van der Waals surface area (Å²) in [6.07, 6.45) is 6.52. The number of pyridine rings is 1. The van der Waals surface area contributed by atoms with Crippen LogP contribution in [0.1, 0.15) is 69.2 Å². The van der Waals surface area contributed by atoms with Gasteiger partial charge >= 0.3 is 5.97 Å². The van der Waals surface area contributed by atoms with Crippen molar-refractivity contribution in [3.63, 3.8) is 0 Å². The quantitative estimate of drug-likeness (QED) is 0.276. The molecule has 0 radical (unpaired) electrons. The number of nitrogens with one attached hydrogen (secondary N) is 1. The number of halogens is 1. The number of ether oxygens (including phenoxy) is 1. The molecule has 4 aromatic rings. The number of imidazole rings is 1. The zero-order chi connectivity index (χ0) is 22.9. The average molecular weight is 446 g/mol. The summed E-state index contributed by atoms with van der Waals surface area (Å²) in [5, 5.41) is 0.936. The molecule has 0 bridgehead atoms. The zero-order valence-electron chi connectivity index (χ0n) is 19.0. The van der Waals surface area contributed by atoms with E-state index in [1.807, 2.05) is 18.3 Å². The highest BCUT2D eigenvalue weighted by atomic mass is 19.1. The van der Waals surface area contributed by atoms with Crippen LogP contribution in [-0.4, -0.2) is 20.9 Å². The second-order valence-corrected chi connectivity index (χ2v) is 9.09. The van der Waals surface area contributed by atoms with Gasteiger partial charge in [-0.15, -0.1) is 0 Å². The Bertz CT molecular complexity index is 1310. The Balaban J connectivity index is 1.30. The summed E-state index contributed by atoms with van der Waals surface area (Å²) >= 11 is 0. The van der Waals surface area contributed by atoms with E-state index in [0.717, 1.165) is 53.4 Å². The van der Waals surface area contributed by atoms with Crippen LogP contribution in [0.25, 0.3) is 21.9 Å². The van der Waals surface area contributed by atoms with Crippen molar-refractivity contribution in [2.75, 3.05) is 0 Å². The lowest BCUT2D eigenvalue weighted by atomic mass is 9.73. The molecule has 2 aromatic heterocycles. The molecule has 1 saturated carbocycles. The number of nitrogens with zero attached hydrogens (tertiary/aromatic N) is 2. The Morgan fingerprint density at radius 2 is 1.91 bits per heavy atom. The molecule has 0 spiro atoms. The predicted octanol–water partition coefficient (Wildman–Crippen LogP) is 6.64. The molecule has 6 heteroatoms. The summed E-state index contributed by atoms with van der Waals surface area (Å²) in [5.74, 6) is 2.31. The van der Waals surface area contributed by atoms with Crippen molar-refractivity contribution in [3.8, 4) is 5.75 Å². The van der Waals surface area contributed by atoms with Crippen LogP contribution in [0.5, 0.6) is 5.75 Å². The van der Waals surface area contributed by atoms with Crippen molar-refractivity contribution >= 4 is 27.9 Å². The lowest BCUT2D eigenvalue weighted by Crippen LogP contribution is -2.19. The van der Waals surface area contributed by atoms with E-state index in [1.54, 1.807) is 25.1 Å². The zero-order valence-corrected chi connectivity index (χ0v) is 19.0. The Morgan fingerprint density at radius 3 is 2.70 bits per heavy atom. The molecule has 0 amide bonds. The van der Waals surface area contributed by atoms with Gasteiger partial charge in [0.15, 0.2) is 0 Å². The lowest BCUT2D eigenvalue weighted by molar-refractivity contribution is -0.134. The van der Waals surface area contributed by atoms with Crippen molar-refractivity contribution < 1.29 is 13.9 Å². The first-order valence-electron chi connectivity index (χ1n) is 11.8. The molecule has 1 N–H and O–H groups in total. The third-order valence-electron chi connectivity index (χ3n) is 7.08. The second-order valence-electron chi connectivity index (χ2n) is 9.09. The fraction of sp³-hybridized carbons (Fsp3) is 0.370. The minimum absolute atomic E-state index is 0.212. The van der Waals surface area contributed by atoms with E-state index in [1.165, 1.54) is 11.6 Å². The van der Waals surface area contributed by atoms with Gasteiger partial charge in [-0.1, -0.05) is 13.8 Å². The molecule has 0 saturated heterocycles. The van der Waals surface area contributed by atoms with Crippen LogP contribution in [0.15, 0.2) is 48.7 Å². The fourth-order valence-corrected chi connectivity index (χ4v) is 5.14. The summed E-state index contributed by atoms with van der Waals surface area (Å²) in [4.78, 5) is 24.2. The van der Waals surface area contributed by atoms with E-state index in [4.69, 9.17) is 9.72 Å². The molecule has 1 atom stereocenters. The van der Waals surface area contributed by atoms with Crippen LogP contribution in [0, 0.1) is 11.7 Å². The molecule has 2 aromatic carbocycles. The maximum atomic E-state index is 13.9. The minimum atomic E-state index is -0.246. The normalized spacial score (nSPS) is 19.6. The Kier molecular flexibility index (Phi) is 5.83. The van der Waals surface area contributed by atoms with Gasteiger partial charge in [-0.2, -0.15) is 0 Å². The molecule has 5 rings (SSSR count).